The van der Waals surface area contributed by atoms with Crippen molar-refractivity contribution in [3.8, 4) is 0 Å². The fraction of sp³-hybridized carbons (Fsp3) is 0.432. The number of nitrogens with one attached hydrogen (secondary N) is 1. The second-order valence-electron chi connectivity index (χ2n) is 12.3. The van der Waals surface area contributed by atoms with Crippen molar-refractivity contribution in [3.63, 3.8) is 0 Å². The summed E-state index contributed by atoms with van der Waals surface area (Å²) in [4.78, 5) is 57.5. The molecule has 0 aliphatic carbocycles. The van der Waals surface area contributed by atoms with Crippen LogP contribution >= 0.6 is 15.9 Å². The van der Waals surface area contributed by atoms with Crippen LogP contribution in [0.25, 0.3) is 0 Å². The Hall–Kier alpha value is -4.85. The standard InChI is InChI=1S/C12H14N2O3.C12H16N2O.C7H6BrNO2.C5H9NO.CH4.H2/c1-9-8-10(14(16)17)5-6-11(9)13-7-3-2-4-12(13)15;1-9-8-10(13)5-6-11(9)14-7-3-2-4-12(14)15;1-5-4-6(9(10)11)2-3-7(5)8;7-5-3-1-2-4-6-5;;/h5-6,8H,2-4,7H2,1H3;5-6,8H,2-4,7,13H2,1H3;2-4H,1H3;1-4H2,(H,6,7);1H4;1H. The van der Waals surface area contributed by atoms with Gasteiger partial charge in [-0.3, -0.25) is 34.6 Å². The second-order valence-corrected chi connectivity index (χ2v) is 13.1. The van der Waals surface area contributed by atoms with E-state index in [2.05, 4.69) is 21.2 Å². The number of rotatable bonds is 4. The molecule has 278 valence electrons. The third-order valence-electron chi connectivity index (χ3n) is 8.35. The zero-order valence-electron chi connectivity index (χ0n) is 28.8. The van der Waals surface area contributed by atoms with E-state index >= 15 is 0 Å². The van der Waals surface area contributed by atoms with E-state index in [-0.39, 0.29) is 37.9 Å². The van der Waals surface area contributed by atoms with Crippen LogP contribution in [-0.4, -0.2) is 47.2 Å². The molecule has 3 amide bonds. The van der Waals surface area contributed by atoms with Gasteiger partial charge >= 0.3 is 0 Å². The van der Waals surface area contributed by atoms with Gasteiger partial charge in [-0.25, -0.2) is 0 Å². The monoisotopic (exact) mass is 770 g/mol. The van der Waals surface area contributed by atoms with Crippen molar-refractivity contribution in [1.82, 2.24) is 5.32 Å². The van der Waals surface area contributed by atoms with E-state index < -0.39 is 9.85 Å². The fourth-order valence-electron chi connectivity index (χ4n) is 5.63. The number of aryl methyl sites for hydroxylation is 3. The number of hydrogen-bond acceptors (Lipinski definition) is 8. The number of nitrogen functional groups attached to an aromatic ring is 1. The Kier molecular flexibility index (Phi) is 17.2. The van der Waals surface area contributed by atoms with E-state index in [1.165, 1.54) is 24.3 Å². The highest BCUT2D eigenvalue weighted by atomic mass is 79.9. The van der Waals surface area contributed by atoms with Gasteiger partial charge in [-0.1, -0.05) is 23.4 Å². The Balaban J connectivity index is 0.000000356. The number of non-ortho nitro benzene ring substituents is 2. The highest BCUT2D eigenvalue weighted by Crippen LogP contribution is 2.28. The Morgan fingerprint density at radius 1 is 0.686 bits per heavy atom. The Morgan fingerprint density at radius 3 is 1.55 bits per heavy atom. The fourth-order valence-corrected chi connectivity index (χ4v) is 5.87. The summed E-state index contributed by atoms with van der Waals surface area (Å²) in [7, 11) is 0. The van der Waals surface area contributed by atoms with Gasteiger partial charge in [0.25, 0.3) is 11.4 Å². The van der Waals surface area contributed by atoms with Gasteiger partial charge in [0.2, 0.25) is 17.7 Å². The summed E-state index contributed by atoms with van der Waals surface area (Å²) in [6.07, 6.45) is 8.24. The lowest BCUT2D eigenvalue weighted by Gasteiger charge is -2.28. The van der Waals surface area contributed by atoms with Gasteiger partial charge < -0.3 is 20.9 Å². The van der Waals surface area contributed by atoms with Crippen LogP contribution in [-0.2, 0) is 14.4 Å². The molecule has 0 atom stereocenters. The number of carbonyl (C=O) groups excluding carboxylic acids is 3. The molecule has 3 aromatic carbocycles. The molecule has 6 rings (SSSR count). The molecule has 3 saturated heterocycles. The summed E-state index contributed by atoms with van der Waals surface area (Å²) in [5, 5.41) is 23.6. The van der Waals surface area contributed by atoms with E-state index in [1.54, 1.807) is 24.0 Å². The zero-order valence-corrected chi connectivity index (χ0v) is 30.4. The smallest absolute Gasteiger partial charge is 0.269 e. The maximum atomic E-state index is 11.8. The maximum absolute atomic E-state index is 11.8. The first kappa shape index (κ1) is 42.3. The molecule has 0 radical (unpaired) electrons. The van der Waals surface area contributed by atoms with Crippen molar-refractivity contribution < 1.29 is 25.7 Å². The first-order chi connectivity index (χ1) is 23.8. The lowest BCUT2D eigenvalue weighted by Crippen LogP contribution is -2.35. The number of nitro groups is 2. The summed E-state index contributed by atoms with van der Waals surface area (Å²) >= 11 is 3.26. The summed E-state index contributed by atoms with van der Waals surface area (Å²) in [6, 6.07) is 15.0. The predicted molar refractivity (Wildman–Crippen MR) is 207 cm³/mol. The number of halogens is 1. The normalized spacial score (nSPS) is 15.3. The van der Waals surface area contributed by atoms with Gasteiger partial charge in [-0.05, 0) is 106 Å². The van der Waals surface area contributed by atoms with Gasteiger partial charge in [0.1, 0.15) is 0 Å². The van der Waals surface area contributed by atoms with Crippen molar-refractivity contribution in [1.29, 1.82) is 0 Å². The van der Waals surface area contributed by atoms with Gasteiger partial charge in [0.05, 0.1) is 9.85 Å². The molecule has 0 saturated carbocycles. The molecule has 0 spiro atoms. The molecule has 14 heteroatoms. The Bertz CT molecular complexity index is 1700. The van der Waals surface area contributed by atoms with Crippen LogP contribution in [0.3, 0.4) is 0 Å². The average molecular weight is 772 g/mol. The minimum atomic E-state index is -0.422. The van der Waals surface area contributed by atoms with E-state index in [4.69, 9.17) is 5.73 Å². The number of amides is 3. The van der Waals surface area contributed by atoms with Crippen LogP contribution in [0.15, 0.2) is 59.1 Å². The molecule has 0 aromatic heterocycles. The largest absolute Gasteiger partial charge is 0.399 e. The van der Waals surface area contributed by atoms with E-state index in [9.17, 15) is 34.6 Å². The number of anilines is 3. The van der Waals surface area contributed by atoms with Crippen LogP contribution in [0.5, 0.6) is 0 Å². The topological polar surface area (TPSA) is 182 Å². The van der Waals surface area contributed by atoms with Gasteiger partial charge in [-0.15, -0.1) is 0 Å². The third kappa shape index (κ3) is 13.1. The molecular weight excluding hydrogens is 720 g/mol. The van der Waals surface area contributed by atoms with Crippen molar-refractivity contribution in [2.45, 2.75) is 86.0 Å². The molecular formula is C37H51BrN6O7. The zero-order chi connectivity index (χ0) is 36.8. The minimum Gasteiger partial charge on any atom is -0.399 e. The van der Waals surface area contributed by atoms with Crippen LogP contribution in [0.2, 0.25) is 0 Å². The summed E-state index contributed by atoms with van der Waals surface area (Å²) in [5.41, 5.74) is 11.2. The van der Waals surface area contributed by atoms with E-state index in [1.807, 2.05) is 36.9 Å². The van der Waals surface area contributed by atoms with Gasteiger partial charge in [-0.2, -0.15) is 0 Å². The molecule has 3 aromatic rings. The van der Waals surface area contributed by atoms with Gasteiger partial charge in [0, 0.05) is 86.1 Å². The average Bonchev–Trinajstić information content (AvgIpc) is 3.08. The van der Waals surface area contributed by atoms with Crippen LogP contribution in [0.1, 0.15) is 83.3 Å². The first-order valence-electron chi connectivity index (χ1n) is 16.7. The van der Waals surface area contributed by atoms with Crippen molar-refractivity contribution >= 4 is 62.1 Å². The number of nitrogens with zero attached hydrogens (tertiary/aromatic N) is 4. The Morgan fingerprint density at radius 2 is 1.16 bits per heavy atom. The van der Waals surface area contributed by atoms with E-state index in [0.717, 1.165) is 96.3 Å². The highest BCUT2D eigenvalue weighted by Gasteiger charge is 2.22. The lowest BCUT2D eigenvalue weighted by atomic mass is 10.1. The molecule has 3 N–H and O–H groups in total. The number of nitrogens with two attached hydrogens (primary N) is 1. The molecule has 0 bridgehead atoms. The molecule has 51 heavy (non-hydrogen) atoms. The van der Waals surface area contributed by atoms with Gasteiger partial charge in [0.15, 0.2) is 0 Å². The molecule has 3 aliphatic rings. The third-order valence-corrected chi connectivity index (χ3v) is 9.24. The Labute approximate surface area is 309 Å². The molecule has 3 fully saturated rings. The molecule has 13 nitrogen and oxygen atoms in total. The summed E-state index contributed by atoms with van der Waals surface area (Å²) in [6.45, 7) is 8.04. The summed E-state index contributed by atoms with van der Waals surface area (Å²) < 4.78 is 0.892. The van der Waals surface area contributed by atoms with Crippen LogP contribution in [0.4, 0.5) is 28.4 Å². The molecule has 0 unspecified atom stereocenters. The highest BCUT2D eigenvalue weighted by molar-refractivity contribution is 9.10. The maximum Gasteiger partial charge on any atom is 0.269 e. The minimum absolute atomic E-state index is 0. The van der Waals surface area contributed by atoms with Crippen molar-refractivity contribution in [2.24, 2.45) is 0 Å². The summed E-state index contributed by atoms with van der Waals surface area (Å²) in [5.74, 6) is 0.550. The quantitative estimate of drug-likeness (QED) is 0.151. The number of hydrogen-bond donors (Lipinski definition) is 2. The number of carbonyl (C=O) groups is 3. The van der Waals surface area contributed by atoms with Crippen molar-refractivity contribution in [2.75, 3.05) is 35.2 Å². The first-order valence-corrected chi connectivity index (χ1v) is 17.5. The SMILES string of the molecule is C.Cc1cc(N)ccc1N1CCCCC1=O.Cc1cc([N+](=O)[O-])ccc1Br.Cc1cc([N+](=O)[O-])ccc1N1CCCCC1=O.O=C1CCCCN1.[HH]. The lowest BCUT2D eigenvalue weighted by molar-refractivity contribution is -0.385. The van der Waals surface area contributed by atoms with E-state index in [0.29, 0.717) is 19.4 Å². The number of benzene rings is 3. The molecule has 3 heterocycles. The predicted octanol–water partition coefficient (Wildman–Crippen LogP) is 8.35. The molecule has 3 aliphatic heterocycles. The van der Waals surface area contributed by atoms with Crippen LogP contribution in [0, 0.1) is 41.0 Å². The number of nitro benzene ring substituents is 2. The number of piperidine rings is 3. The van der Waals surface area contributed by atoms with Crippen LogP contribution < -0.4 is 20.9 Å². The second kappa shape index (κ2) is 20.7. The van der Waals surface area contributed by atoms with Crippen molar-refractivity contribution in [3.05, 3.63) is 96.0 Å².